The van der Waals surface area contributed by atoms with E-state index in [4.69, 9.17) is 13.9 Å². The second kappa shape index (κ2) is 13.2. The van der Waals surface area contributed by atoms with E-state index >= 15 is 0 Å². The summed E-state index contributed by atoms with van der Waals surface area (Å²) in [4.78, 5) is 30.4. The monoisotopic (exact) mass is 653 g/mol. The van der Waals surface area contributed by atoms with Crippen LogP contribution in [0.4, 0.5) is 4.79 Å². The van der Waals surface area contributed by atoms with E-state index in [1.165, 1.54) is 10.4 Å². The van der Waals surface area contributed by atoms with Gasteiger partial charge in [0.05, 0.1) is 17.9 Å². The Morgan fingerprint density at radius 1 is 0.915 bits per heavy atom. The summed E-state index contributed by atoms with van der Waals surface area (Å²) < 4.78 is 20.3. The van der Waals surface area contributed by atoms with E-state index in [2.05, 4.69) is 76.2 Å². The van der Waals surface area contributed by atoms with Crippen LogP contribution in [0.2, 0.25) is 5.04 Å². The van der Waals surface area contributed by atoms with Crippen molar-refractivity contribution in [1.82, 2.24) is 4.90 Å². The number of allylic oxidation sites excluding steroid dienone is 1. The van der Waals surface area contributed by atoms with Gasteiger partial charge in [0.2, 0.25) is 0 Å². The van der Waals surface area contributed by atoms with Gasteiger partial charge < -0.3 is 13.9 Å². The second-order valence-electron chi connectivity index (χ2n) is 15.4. The molecule has 2 fully saturated rings. The molecular weight excluding hydrogens is 603 g/mol. The molecule has 2 aliphatic rings. The number of benzene rings is 3. The van der Waals surface area contributed by atoms with Crippen molar-refractivity contribution in [3.63, 3.8) is 0 Å². The molecule has 0 aliphatic carbocycles. The zero-order chi connectivity index (χ0) is 34.2. The maximum atomic E-state index is 14.9. The van der Waals surface area contributed by atoms with Crippen molar-refractivity contribution in [3.05, 3.63) is 108 Å². The summed E-state index contributed by atoms with van der Waals surface area (Å²) in [5, 5.41) is 2.09. The van der Waals surface area contributed by atoms with Crippen LogP contribution in [0, 0.1) is 11.3 Å². The van der Waals surface area contributed by atoms with Crippen molar-refractivity contribution in [3.8, 4) is 0 Å². The Morgan fingerprint density at radius 3 is 1.89 bits per heavy atom. The maximum absolute atomic E-state index is 14.9. The molecule has 0 radical (unpaired) electrons. The fraction of sp³-hybridized carbons (Fsp3) is 0.450. The van der Waals surface area contributed by atoms with Gasteiger partial charge in [-0.05, 0) is 61.2 Å². The Labute approximate surface area is 282 Å². The Morgan fingerprint density at radius 2 is 1.43 bits per heavy atom. The van der Waals surface area contributed by atoms with Gasteiger partial charge in [-0.3, -0.25) is 9.69 Å². The third kappa shape index (κ3) is 6.50. The van der Waals surface area contributed by atoms with Crippen LogP contribution in [0.3, 0.4) is 0 Å². The highest BCUT2D eigenvalue weighted by molar-refractivity contribution is 6.99. The largest absolute Gasteiger partial charge is 0.444 e. The highest BCUT2D eigenvalue weighted by Crippen LogP contribution is 2.53. The van der Waals surface area contributed by atoms with Crippen LogP contribution in [-0.4, -0.2) is 56.2 Å². The first-order valence-corrected chi connectivity index (χ1v) is 18.7. The summed E-state index contributed by atoms with van der Waals surface area (Å²) in [5.74, 6) is -1.10. The lowest BCUT2D eigenvalue weighted by atomic mass is 9.66. The number of carbonyl (C=O) groups is 2. The van der Waals surface area contributed by atoms with E-state index in [0.29, 0.717) is 0 Å². The Kier molecular flexibility index (Phi) is 9.75. The number of ketones is 1. The van der Waals surface area contributed by atoms with Gasteiger partial charge in [0.15, 0.2) is 0 Å². The van der Waals surface area contributed by atoms with Crippen molar-refractivity contribution < 1.29 is 23.5 Å². The van der Waals surface area contributed by atoms with E-state index < -0.39 is 49.6 Å². The summed E-state index contributed by atoms with van der Waals surface area (Å²) in [7, 11) is -2.96. The Balaban J connectivity index is 1.66. The zero-order valence-electron chi connectivity index (χ0n) is 29.4. The SMILES string of the molecule is C/C=C(\C)[C@@H]1OC2C(C(=O)[C@@H](c3ccccc3)CN2C(=O)OC(C)(C)C)[C@]1(C)CO[Si](c1ccccc1)(c1ccccc1)C(C)(C)C. The molecule has 5 atom stereocenters. The van der Waals surface area contributed by atoms with Gasteiger partial charge >= 0.3 is 6.09 Å². The van der Waals surface area contributed by atoms with Crippen molar-refractivity contribution >= 4 is 30.6 Å². The van der Waals surface area contributed by atoms with Crippen LogP contribution >= 0.6 is 0 Å². The zero-order valence-corrected chi connectivity index (χ0v) is 30.4. The highest BCUT2D eigenvalue weighted by Gasteiger charge is 2.64. The smallest absolute Gasteiger partial charge is 0.412 e. The van der Waals surface area contributed by atoms with Gasteiger partial charge in [-0.15, -0.1) is 0 Å². The molecule has 7 heteroatoms. The van der Waals surface area contributed by atoms with Crippen molar-refractivity contribution in [2.45, 2.75) is 91.2 Å². The van der Waals surface area contributed by atoms with E-state index in [0.717, 1.165) is 11.1 Å². The van der Waals surface area contributed by atoms with E-state index in [9.17, 15) is 9.59 Å². The number of likely N-dealkylation sites (tertiary alicyclic amines) is 1. The van der Waals surface area contributed by atoms with Gasteiger partial charge in [0.25, 0.3) is 8.32 Å². The molecule has 2 aliphatic heterocycles. The first-order valence-electron chi connectivity index (χ1n) is 16.8. The minimum absolute atomic E-state index is 0.0703. The lowest BCUT2D eigenvalue weighted by molar-refractivity contribution is -0.141. The number of hydrogen-bond acceptors (Lipinski definition) is 5. The molecule has 0 aromatic heterocycles. The maximum Gasteiger partial charge on any atom is 0.412 e. The standard InChI is InChI=1S/C40H51NO5Si/c1-10-28(2)35-40(9,27-44-47(39(6,7)8,30-22-16-12-17-23-30)31-24-18-13-19-25-31)33-34(42)32(29-20-14-11-15-21-29)26-41(36(33)45-35)37(43)46-38(3,4)5/h10-25,32-33,35-36H,26-27H2,1-9H3/b28-10+/t32-,33?,35+,36?,40+/m1/s1. The van der Waals surface area contributed by atoms with E-state index in [1.54, 1.807) is 4.90 Å². The number of Topliss-reactive ketones (excluding diaryl/α,β-unsaturated/α-hetero) is 1. The summed E-state index contributed by atoms with van der Waals surface area (Å²) in [5.41, 5.74) is 0.384. The molecule has 2 saturated heterocycles. The summed E-state index contributed by atoms with van der Waals surface area (Å²) >= 11 is 0. The summed E-state index contributed by atoms with van der Waals surface area (Å²) in [6.07, 6.45) is 0.323. The van der Waals surface area contributed by atoms with Gasteiger partial charge in [-0.1, -0.05) is 125 Å². The third-order valence-corrected chi connectivity index (χ3v) is 14.9. The fourth-order valence-corrected chi connectivity index (χ4v) is 12.3. The highest BCUT2D eigenvalue weighted by atomic mass is 28.4. The summed E-state index contributed by atoms with van der Waals surface area (Å²) in [6, 6.07) is 30.8. The molecule has 2 unspecified atom stereocenters. The second-order valence-corrected chi connectivity index (χ2v) is 19.7. The number of ether oxygens (including phenoxy) is 2. The molecular formula is C40H51NO5Si. The van der Waals surface area contributed by atoms with Gasteiger partial charge in [0, 0.05) is 18.6 Å². The molecule has 2 heterocycles. The lowest BCUT2D eigenvalue weighted by Crippen LogP contribution is -2.68. The molecule has 0 N–H and O–H groups in total. The van der Waals surface area contributed by atoms with Crippen LogP contribution in [0.5, 0.6) is 0 Å². The Bertz CT molecular complexity index is 1540. The first kappa shape index (κ1) is 34.8. The number of amides is 1. The number of carbonyl (C=O) groups excluding carboxylic acids is 2. The molecule has 3 aromatic carbocycles. The topological polar surface area (TPSA) is 65.1 Å². The number of rotatable bonds is 7. The van der Waals surface area contributed by atoms with Crippen LogP contribution < -0.4 is 10.4 Å². The van der Waals surface area contributed by atoms with Crippen molar-refractivity contribution in [2.24, 2.45) is 11.3 Å². The molecule has 6 nitrogen and oxygen atoms in total. The molecule has 47 heavy (non-hydrogen) atoms. The predicted octanol–water partition coefficient (Wildman–Crippen LogP) is 7.48. The molecule has 3 aromatic rings. The molecule has 5 rings (SSSR count). The minimum Gasteiger partial charge on any atom is -0.444 e. The first-order chi connectivity index (χ1) is 22.1. The predicted molar refractivity (Wildman–Crippen MR) is 190 cm³/mol. The lowest BCUT2D eigenvalue weighted by Gasteiger charge is -2.47. The minimum atomic E-state index is -2.96. The van der Waals surface area contributed by atoms with Crippen LogP contribution in [0.1, 0.15) is 73.8 Å². The molecule has 1 amide bonds. The number of fused-ring (bicyclic) bond motifs is 1. The van der Waals surface area contributed by atoms with E-state index in [1.807, 2.05) is 83.2 Å². The molecule has 0 saturated carbocycles. The van der Waals surface area contributed by atoms with Crippen LogP contribution in [-0.2, 0) is 18.7 Å². The normalized spacial score (nSPS) is 25.4. The average Bonchev–Trinajstić information content (AvgIpc) is 3.34. The van der Waals surface area contributed by atoms with Gasteiger partial charge in [-0.25, -0.2) is 4.79 Å². The van der Waals surface area contributed by atoms with Crippen LogP contribution in [0.25, 0.3) is 0 Å². The Hall–Kier alpha value is -3.52. The molecule has 0 spiro atoms. The van der Waals surface area contributed by atoms with Crippen LogP contribution in [0.15, 0.2) is 103 Å². The molecule has 250 valence electrons. The number of hydrogen-bond donors (Lipinski definition) is 0. The third-order valence-electron chi connectivity index (χ3n) is 9.92. The quantitative estimate of drug-likeness (QED) is 0.196. The summed E-state index contributed by atoms with van der Waals surface area (Å²) in [6.45, 7) is 18.9. The van der Waals surface area contributed by atoms with Gasteiger partial charge in [0.1, 0.15) is 17.6 Å². The fourth-order valence-electron chi connectivity index (χ4n) is 7.61. The van der Waals surface area contributed by atoms with Crippen molar-refractivity contribution in [1.29, 1.82) is 0 Å². The average molecular weight is 654 g/mol. The van der Waals surface area contributed by atoms with E-state index in [-0.39, 0.29) is 24.0 Å². The van der Waals surface area contributed by atoms with Crippen molar-refractivity contribution in [2.75, 3.05) is 13.2 Å². The molecule has 0 bridgehead atoms. The van der Waals surface area contributed by atoms with Gasteiger partial charge in [-0.2, -0.15) is 0 Å². The number of piperidine rings is 1. The number of nitrogens with zero attached hydrogens (tertiary/aromatic N) is 1.